The van der Waals surface area contributed by atoms with Gasteiger partial charge in [0.1, 0.15) is 0 Å². The number of benzene rings is 1. The maximum Gasteiger partial charge on any atom is 0.416 e. The Labute approximate surface area is 209 Å². The van der Waals surface area contributed by atoms with Gasteiger partial charge in [0.2, 0.25) is 5.91 Å². The number of hydrogen-bond donors (Lipinski definition) is 1. The predicted octanol–water partition coefficient (Wildman–Crippen LogP) is 3.44. The van der Waals surface area contributed by atoms with Gasteiger partial charge in [0, 0.05) is 39.9 Å². The number of urea groups is 1. The fraction of sp³-hybridized carbons (Fsp3) is 0.692. The van der Waals surface area contributed by atoms with E-state index in [0.717, 1.165) is 30.9 Å². The van der Waals surface area contributed by atoms with Crippen molar-refractivity contribution in [2.75, 3.05) is 40.0 Å². The Kier molecular flexibility index (Phi) is 6.70. The first-order valence-electron chi connectivity index (χ1n) is 12.7. The third-order valence-corrected chi connectivity index (χ3v) is 8.92. The molecule has 4 aliphatic rings. The lowest BCUT2D eigenvalue weighted by Gasteiger charge is -2.38. The van der Waals surface area contributed by atoms with E-state index in [1.807, 2.05) is 0 Å². The molecule has 3 amide bonds. The first-order valence-corrected chi connectivity index (χ1v) is 12.7. The van der Waals surface area contributed by atoms with Crippen molar-refractivity contribution in [3.63, 3.8) is 0 Å². The highest BCUT2D eigenvalue weighted by Crippen LogP contribution is 2.54. The topological polar surface area (TPSA) is 85.1 Å². The summed E-state index contributed by atoms with van der Waals surface area (Å²) < 4.78 is 51.1. The van der Waals surface area contributed by atoms with E-state index in [1.54, 1.807) is 16.9 Å². The van der Waals surface area contributed by atoms with Crippen LogP contribution in [-0.2, 0) is 33.4 Å². The molecule has 3 heterocycles. The molecule has 1 aliphatic carbocycles. The van der Waals surface area contributed by atoms with Gasteiger partial charge in [-0.3, -0.25) is 4.79 Å². The number of hydrogen-bond acceptors (Lipinski definition) is 4. The van der Waals surface area contributed by atoms with Gasteiger partial charge >= 0.3 is 12.2 Å². The molecule has 3 aliphatic heterocycles. The molecule has 1 saturated carbocycles. The summed E-state index contributed by atoms with van der Waals surface area (Å²) >= 11 is 0. The fourth-order valence-electron chi connectivity index (χ4n) is 7.12. The fourth-order valence-corrected chi connectivity index (χ4v) is 7.12. The van der Waals surface area contributed by atoms with Crippen molar-refractivity contribution < 1.29 is 32.2 Å². The van der Waals surface area contributed by atoms with Crippen LogP contribution in [0.2, 0.25) is 0 Å². The maximum absolute atomic E-state index is 14.1. The summed E-state index contributed by atoms with van der Waals surface area (Å²) in [5.41, 5.74) is 5.56. The highest BCUT2D eigenvalue weighted by Gasteiger charge is 2.59. The van der Waals surface area contributed by atoms with Crippen LogP contribution in [0.4, 0.5) is 18.0 Å². The zero-order chi connectivity index (χ0) is 25.7. The summed E-state index contributed by atoms with van der Waals surface area (Å²) in [5.74, 6) is 0.599. The average molecular weight is 510 g/mol. The largest absolute Gasteiger partial charge is 0.416 e. The van der Waals surface area contributed by atoms with Crippen molar-refractivity contribution in [1.29, 1.82) is 0 Å². The van der Waals surface area contributed by atoms with E-state index >= 15 is 0 Å². The minimum Gasteiger partial charge on any atom is -0.379 e. The van der Waals surface area contributed by atoms with Gasteiger partial charge < -0.3 is 25.0 Å². The second-order valence-corrected chi connectivity index (χ2v) is 11.0. The minimum absolute atomic E-state index is 0.00811. The molecule has 0 radical (unpaired) electrons. The zero-order valence-corrected chi connectivity index (χ0v) is 20.6. The number of amides is 3. The zero-order valence-electron chi connectivity index (χ0n) is 20.6. The lowest BCUT2D eigenvalue weighted by Crippen LogP contribution is -2.49. The number of fused-ring (bicyclic) bond motifs is 2. The highest BCUT2D eigenvalue weighted by molar-refractivity contribution is 5.86. The summed E-state index contributed by atoms with van der Waals surface area (Å²) in [6.45, 7) is 2.60. The molecule has 2 N–H and O–H groups in total. The third-order valence-electron chi connectivity index (χ3n) is 8.92. The number of nitrogens with two attached hydrogens (primary N) is 1. The average Bonchev–Trinajstić information content (AvgIpc) is 3.38. The Morgan fingerprint density at radius 1 is 1.25 bits per heavy atom. The van der Waals surface area contributed by atoms with Crippen molar-refractivity contribution in [2.45, 2.75) is 50.9 Å². The number of nitrogens with zero attached hydrogens (tertiary/aromatic N) is 2. The summed E-state index contributed by atoms with van der Waals surface area (Å²) in [5, 5.41) is 0. The molecule has 2 saturated heterocycles. The van der Waals surface area contributed by atoms with Crippen LogP contribution in [0.5, 0.6) is 0 Å². The Morgan fingerprint density at radius 2 is 2.06 bits per heavy atom. The Bertz CT molecular complexity index is 1020. The van der Waals surface area contributed by atoms with Crippen LogP contribution in [-0.4, -0.2) is 67.8 Å². The summed E-state index contributed by atoms with van der Waals surface area (Å²) in [6.07, 6.45) is -0.553. The van der Waals surface area contributed by atoms with Gasteiger partial charge in [0.25, 0.3) is 0 Å². The van der Waals surface area contributed by atoms with E-state index in [1.165, 1.54) is 12.1 Å². The van der Waals surface area contributed by atoms with Crippen molar-refractivity contribution in [3.05, 3.63) is 34.9 Å². The molecule has 2 unspecified atom stereocenters. The molecular weight excluding hydrogens is 475 g/mol. The van der Waals surface area contributed by atoms with Gasteiger partial charge in [-0.05, 0) is 73.1 Å². The number of likely N-dealkylation sites (tertiary alicyclic amines) is 1. The molecule has 0 spiro atoms. The molecule has 10 heteroatoms. The SMILES string of the molecule is COC1COCCC1C[C@@H]1C[C@H]2CN(C(N)=O)C[C@@]2(C(=O)N2CCc3ccc(C(F)(F)F)cc3C2)C1. The number of halogens is 3. The van der Waals surface area contributed by atoms with Crippen LogP contribution in [0, 0.1) is 23.2 Å². The predicted molar refractivity (Wildman–Crippen MR) is 125 cm³/mol. The van der Waals surface area contributed by atoms with E-state index in [-0.39, 0.29) is 31.0 Å². The van der Waals surface area contributed by atoms with Gasteiger partial charge in [0.05, 0.1) is 23.7 Å². The molecule has 1 aromatic carbocycles. The Hall–Kier alpha value is -2.33. The lowest BCUT2D eigenvalue weighted by molar-refractivity contribution is -0.144. The number of carbonyl (C=O) groups is 2. The number of alkyl halides is 3. The molecule has 0 aromatic heterocycles. The Morgan fingerprint density at radius 3 is 2.78 bits per heavy atom. The number of ether oxygens (including phenoxy) is 2. The molecular formula is C26H34F3N3O4. The van der Waals surface area contributed by atoms with E-state index in [9.17, 15) is 22.8 Å². The monoisotopic (exact) mass is 509 g/mol. The molecule has 3 fully saturated rings. The van der Waals surface area contributed by atoms with E-state index in [0.29, 0.717) is 56.5 Å². The van der Waals surface area contributed by atoms with Gasteiger partial charge in [-0.1, -0.05) is 6.07 Å². The number of primary amides is 1. The first kappa shape index (κ1) is 25.3. The molecule has 36 heavy (non-hydrogen) atoms. The third kappa shape index (κ3) is 4.58. The number of carbonyl (C=O) groups excluding carboxylic acids is 2. The second-order valence-electron chi connectivity index (χ2n) is 11.0. The van der Waals surface area contributed by atoms with Crippen LogP contribution >= 0.6 is 0 Å². The summed E-state index contributed by atoms with van der Waals surface area (Å²) in [7, 11) is 1.70. The van der Waals surface area contributed by atoms with Crippen LogP contribution in [0.15, 0.2) is 18.2 Å². The van der Waals surface area contributed by atoms with Crippen molar-refractivity contribution >= 4 is 11.9 Å². The Balaban J connectivity index is 1.36. The second kappa shape index (κ2) is 9.52. The van der Waals surface area contributed by atoms with E-state index in [4.69, 9.17) is 15.2 Å². The quantitative estimate of drug-likeness (QED) is 0.674. The molecule has 0 bridgehead atoms. The maximum atomic E-state index is 14.1. The minimum atomic E-state index is -4.43. The first-order chi connectivity index (χ1) is 17.1. The van der Waals surface area contributed by atoms with Gasteiger partial charge in [-0.25, -0.2) is 4.79 Å². The molecule has 5 rings (SSSR count). The summed E-state index contributed by atoms with van der Waals surface area (Å²) in [6, 6.07) is 3.27. The van der Waals surface area contributed by atoms with Crippen LogP contribution in [0.25, 0.3) is 0 Å². The smallest absolute Gasteiger partial charge is 0.379 e. The highest BCUT2D eigenvalue weighted by atomic mass is 19.4. The van der Waals surface area contributed by atoms with Gasteiger partial charge in [-0.15, -0.1) is 0 Å². The van der Waals surface area contributed by atoms with Crippen molar-refractivity contribution in [1.82, 2.24) is 9.80 Å². The van der Waals surface area contributed by atoms with Crippen LogP contribution in [0.3, 0.4) is 0 Å². The van der Waals surface area contributed by atoms with Crippen molar-refractivity contribution in [3.8, 4) is 0 Å². The van der Waals surface area contributed by atoms with Crippen LogP contribution in [0.1, 0.15) is 42.4 Å². The summed E-state index contributed by atoms with van der Waals surface area (Å²) in [4.78, 5) is 29.4. The number of methoxy groups -OCH3 is 1. The lowest BCUT2D eigenvalue weighted by atomic mass is 9.77. The molecule has 7 nitrogen and oxygen atoms in total. The van der Waals surface area contributed by atoms with E-state index in [2.05, 4.69) is 0 Å². The molecule has 1 aromatic rings. The molecule has 5 atom stereocenters. The number of rotatable bonds is 4. The van der Waals surface area contributed by atoms with Gasteiger partial charge in [-0.2, -0.15) is 13.2 Å². The molecule has 198 valence electrons. The van der Waals surface area contributed by atoms with Crippen molar-refractivity contribution in [2.24, 2.45) is 28.9 Å². The van der Waals surface area contributed by atoms with E-state index < -0.39 is 23.2 Å². The standard InChI is InChI=1S/C26H34F3N3O4/c1-35-22-14-36-7-5-18(22)8-16-9-21-13-32(24(30)34)15-25(21,11-16)23(33)31-6-4-17-2-3-20(26(27,28)29)10-19(17)12-31/h2-3,10,16,18,21-22H,4-9,11-15H2,1H3,(H2,30,34)/t16-,18?,21+,22?,25+/m1/s1. The normalized spacial score (nSPS) is 32.3. The van der Waals surface area contributed by atoms with Gasteiger partial charge in [0.15, 0.2) is 0 Å². The van der Waals surface area contributed by atoms with Crippen LogP contribution < -0.4 is 5.73 Å².